The summed E-state index contributed by atoms with van der Waals surface area (Å²) < 4.78 is 7.05. The van der Waals surface area contributed by atoms with E-state index in [0.717, 1.165) is 56.5 Å². The molecule has 134 valence electrons. The van der Waals surface area contributed by atoms with Gasteiger partial charge in [-0.2, -0.15) is 5.10 Å². The lowest BCUT2D eigenvalue weighted by atomic mass is 10.3. The van der Waals surface area contributed by atoms with Crippen LogP contribution < -0.4 is 16.0 Å². The van der Waals surface area contributed by atoms with Crippen molar-refractivity contribution in [3.8, 4) is 0 Å². The molecule has 1 aromatic rings. The highest BCUT2D eigenvalue weighted by Gasteiger charge is 2.13. The van der Waals surface area contributed by atoms with E-state index >= 15 is 0 Å². The number of morpholine rings is 1. The highest BCUT2D eigenvalue weighted by molar-refractivity contribution is 7.80. The molecule has 1 saturated heterocycles. The Morgan fingerprint density at radius 1 is 1.29 bits per heavy atom. The van der Waals surface area contributed by atoms with Crippen molar-refractivity contribution in [3.63, 3.8) is 0 Å². The van der Waals surface area contributed by atoms with Gasteiger partial charge in [0.1, 0.15) is 0 Å². The summed E-state index contributed by atoms with van der Waals surface area (Å²) in [5.74, 6) is -0.147. The zero-order valence-electron chi connectivity index (χ0n) is 14.5. The third kappa shape index (κ3) is 5.43. The van der Waals surface area contributed by atoms with Gasteiger partial charge < -0.3 is 20.7 Å². The van der Waals surface area contributed by atoms with Gasteiger partial charge in [0.2, 0.25) is 5.91 Å². The van der Waals surface area contributed by atoms with Gasteiger partial charge in [-0.1, -0.05) is 0 Å². The molecule has 0 saturated carbocycles. The molecule has 0 atom stereocenters. The number of carbonyl (C=O) groups is 1. The molecule has 1 aromatic heterocycles. The molecular weight excluding hydrogens is 328 g/mol. The summed E-state index contributed by atoms with van der Waals surface area (Å²) >= 11 is 5.20. The molecule has 1 amide bonds. The van der Waals surface area contributed by atoms with Crippen LogP contribution in [0.15, 0.2) is 0 Å². The van der Waals surface area contributed by atoms with E-state index in [-0.39, 0.29) is 12.5 Å². The Morgan fingerprint density at radius 3 is 2.62 bits per heavy atom. The van der Waals surface area contributed by atoms with Crippen molar-refractivity contribution in [1.29, 1.82) is 0 Å². The van der Waals surface area contributed by atoms with Gasteiger partial charge in [-0.15, -0.1) is 0 Å². The third-order valence-corrected chi connectivity index (χ3v) is 4.29. The minimum absolute atomic E-state index is 0.122. The van der Waals surface area contributed by atoms with E-state index in [9.17, 15) is 4.79 Å². The lowest BCUT2D eigenvalue weighted by molar-refractivity contribution is -0.115. The first-order valence-corrected chi connectivity index (χ1v) is 8.50. The molecule has 0 aliphatic carbocycles. The Hall–Kier alpha value is -1.71. The normalized spacial score (nSPS) is 15.1. The summed E-state index contributed by atoms with van der Waals surface area (Å²) in [6, 6.07) is 0. The van der Waals surface area contributed by atoms with E-state index in [1.165, 1.54) is 0 Å². The number of nitrogens with one attached hydrogen (secondary N) is 3. The lowest BCUT2D eigenvalue weighted by Gasteiger charge is -2.26. The van der Waals surface area contributed by atoms with Crippen molar-refractivity contribution < 1.29 is 9.53 Å². The molecule has 0 aromatic carbocycles. The lowest BCUT2D eigenvalue weighted by Crippen LogP contribution is -2.45. The summed E-state index contributed by atoms with van der Waals surface area (Å²) in [5, 5.41) is 13.7. The van der Waals surface area contributed by atoms with E-state index in [1.807, 2.05) is 20.9 Å². The second-order valence-electron chi connectivity index (χ2n) is 5.78. The van der Waals surface area contributed by atoms with E-state index in [0.29, 0.717) is 5.11 Å². The zero-order chi connectivity index (χ0) is 17.5. The second kappa shape index (κ2) is 8.95. The number of nitrogens with zero attached hydrogens (tertiary/aromatic N) is 3. The van der Waals surface area contributed by atoms with Gasteiger partial charge in [0, 0.05) is 33.2 Å². The van der Waals surface area contributed by atoms with Gasteiger partial charge in [-0.3, -0.25) is 14.4 Å². The molecule has 1 fully saturated rings. The second-order valence-corrected chi connectivity index (χ2v) is 6.19. The van der Waals surface area contributed by atoms with Crippen LogP contribution in [0.3, 0.4) is 0 Å². The average molecular weight is 354 g/mol. The number of aromatic nitrogens is 2. The van der Waals surface area contributed by atoms with Gasteiger partial charge in [-0.05, 0) is 26.1 Å². The van der Waals surface area contributed by atoms with E-state index in [2.05, 4.69) is 25.9 Å². The van der Waals surface area contributed by atoms with Crippen LogP contribution in [-0.4, -0.2) is 71.6 Å². The van der Waals surface area contributed by atoms with Crippen LogP contribution in [0, 0.1) is 13.8 Å². The Kier molecular flexibility index (Phi) is 6.95. The van der Waals surface area contributed by atoms with E-state index < -0.39 is 0 Å². The Morgan fingerprint density at radius 2 is 2.00 bits per heavy atom. The van der Waals surface area contributed by atoms with Crippen LogP contribution in [-0.2, 0) is 16.6 Å². The predicted octanol–water partition coefficient (Wildman–Crippen LogP) is -0.228. The molecule has 2 rings (SSSR count). The van der Waals surface area contributed by atoms with Gasteiger partial charge in [0.05, 0.1) is 36.8 Å². The summed E-state index contributed by atoms with van der Waals surface area (Å²) in [6.07, 6.45) is 0. The summed E-state index contributed by atoms with van der Waals surface area (Å²) in [6.45, 7) is 9.04. The molecule has 0 spiro atoms. The number of hydrogen-bond acceptors (Lipinski definition) is 5. The molecule has 9 heteroatoms. The van der Waals surface area contributed by atoms with Crippen LogP contribution in [0.4, 0.5) is 5.69 Å². The molecule has 3 N–H and O–H groups in total. The number of carbonyl (C=O) groups excluding carboxylic acids is 1. The molecule has 0 unspecified atom stereocenters. The first-order valence-electron chi connectivity index (χ1n) is 8.09. The Labute approximate surface area is 147 Å². The molecule has 0 bridgehead atoms. The van der Waals surface area contributed by atoms with Crippen molar-refractivity contribution in [2.75, 3.05) is 51.3 Å². The van der Waals surface area contributed by atoms with Crippen LogP contribution in [0.5, 0.6) is 0 Å². The monoisotopic (exact) mass is 354 g/mol. The number of amides is 1. The van der Waals surface area contributed by atoms with Gasteiger partial charge in [0.15, 0.2) is 5.11 Å². The number of thiocarbonyl (C=S) groups is 1. The van der Waals surface area contributed by atoms with Gasteiger partial charge >= 0.3 is 0 Å². The van der Waals surface area contributed by atoms with Crippen molar-refractivity contribution in [2.45, 2.75) is 13.8 Å². The quantitative estimate of drug-likeness (QED) is 0.609. The standard InChI is InChI=1S/C15H26N6O2S/c1-11-14(12(2)20(3)19-11)18-13(22)10-17-15(24)16-4-5-21-6-8-23-9-7-21/h4-10H2,1-3H3,(H,18,22)(H2,16,17,24). The number of rotatable bonds is 6. The number of anilines is 1. The average Bonchev–Trinajstić information content (AvgIpc) is 2.80. The van der Waals surface area contributed by atoms with Gasteiger partial charge in [0.25, 0.3) is 0 Å². The fourth-order valence-corrected chi connectivity index (χ4v) is 2.69. The molecule has 8 nitrogen and oxygen atoms in total. The fourth-order valence-electron chi connectivity index (χ4n) is 2.51. The zero-order valence-corrected chi connectivity index (χ0v) is 15.3. The molecule has 1 aliphatic heterocycles. The van der Waals surface area contributed by atoms with Crippen LogP contribution >= 0.6 is 12.2 Å². The van der Waals surface area contributed by atoms with Crippen molar-refractivity contribution in [3.05, 3.63) is 11.4 Å². The maximum absolute atomic E-state index is 12.0. The van der Waals surface area contributed by atoms with Crippen LogP contribution in [0.2, 0.25) is 0 Å². The SMILES string of the molecule is Cc1nn(C)c(C)c1NC(=O)CNC(=S)NCCN1CCOCC1. The highest BCUT2D eigenvalue weighted by atomic mass is 32.1. The summed E-state index contributed by atoms with van der Waals surface area (Å²) in [5.41, 5.74) is 2.48. The number of ether oxygens (including phenoxy) is 1. The molecule has 1 aliphatic rings. The summed E-state index contributed by atoms with van der Waals surface area (Å²) in [4.78, 5) is 14.4. The largest absolute Gasteiger partial charge is 0.379 e. The van der Waals surface area contributed by atoms with E-state index in [1.54, 1.807) is 4.68 Å². The molecule has 0 radical (unpaired) electrons. The third-order valence-electron chi connectivity index (χ3n) is 4.00. The fraction of sp³-hybridized carbons (Fsp3) is 0.667. The van der Waals surface area contributed by atoms with Crippen molar-refractivity contribution >= 4 is 28.9 Å². The van der Waals surface area contributed by atoms with Gasteiger partial charge in [-0.25, -0.2) is 0 Å². The topological polar surface area (TPSA) is 83.5 Å². The smallest absolute Gasteiger partial charge is 0.243 e. The van der Waals surface area contributed by atoms with Crippen molar-refractivity contribution in [1.82, 2.24) is 25.3 Å². The van der Waals surface area contributed by atoms with E-state index in [4.69, 9.17) is 17.0 Å². The van der Waals surface area contributed by atoms with Crippen LogP contribution in [0.1, 0.15) is 11.4 Å². The van der Waals surface area contributed by atoms with Crippen molar-refractivity contribution in [2.24, 2.45) is 7.05 Å². The minimum Gasteiger partial charge on any atom is -0.379 e. The molecule has 24 heavy (non-hydrogen) atoms. The Bertz CT molecular complexity index is 583. The summed E-state index contributed by atoms with van der Waals surface area (Å²) in [7, 11) is 1.85. The Balaban J connectivity index is 1.64. The molecule has 2 heterocycles. The first kappa shape index (κ1) is 18.6. The number of hydrogen-bond donors (Lipinski definition) is 3. The highest BCUT2D eigenvalue weighted by Crippen LogP contribution is 2.17. The first-order chi connectivity index (χ1) is 11.5. The predicted molar refractivity (Wildman–Crippen MR) is 97.2 cm³/mol. The maximum Gasteiger partial charge on any atom is 0.243 e. The van der Waals surface area contributed by atoms with Crippen LogP contribution in [0.25, 0.3) is 0 Å². The number of aryl methyl sites for hydroxylation is 2. The minimum atomic E-state index is -0.147. The molecular formula is C15H26N6O2S. The maximum atomic E-state index is 12.0.